The van der Waals surface area contributed by atoms with E-state index in [1.807, 2.05) is 0 Å². The van der Waals surface area contributed by atoms with Gasteiger partial charge in [0.25, 0.3) is 10.1 Å². The van der Waals surface area contributed by atoms with Crippen LogP contribution >= 0.6 is 0 Å². The summed E-state index contributed by atoms with van der Waals surface area (Å²) in [5, 5.41) is 0. The van der Waals surface area contributed by atoms with E-state index in [0.717, 1.165) is 17.7 Å². The molecule has 1 heterocycles. The van der Waals surface area contributed by atoms with Crippen molar-refractivity contribution in [3.63, 3.8) is 0 Å². The van der Waals surface area contributed by atoms with Crippen molar-refractivity contribution >= 4 is 21.7 Å². The molecule has 0 aliphatic carbocycles. The normalized spacial score (nSPS) is 15.5. The van der Waals surface area contributed by atoms with E-state index in [1.165, 1.54) is 19.1 Å². The van der Waals surface area contributed by atoms with Crippen LogP contribution in [0.4, 0.5) is 5.69 Å². The van der Waals surface area contributed by atoms with Crippen LogP contribution in [0.2, 0.25) is 0 Å². The van der Waals surface area contributed by atoms with Gasteiger partial charge in [0.05, 0.1) is 4.90 Å². The summed E-state index contributed by atoms with van der Waals surface area (Å²) in [4.78, 5) is 12.9. The largest absolute Gasteiger partial charge is 0.312 e. The van der Waals surface area contributed by atoms with E-state index >= 15 is 0 Å². The second kappa shape index (κ2) is 4.12. The van der Waals surface area contributed by atoms with Gasteiger partial charge in [0.15, 0.2) is 0 Å². The summed E-state index contributed by atoms with van der Waals surface area (Å²) in [6.45, 7) is 2.12. The fraction of sp³-hybridized carbons (Fsp3) is 0.364. The fourth-order valence-electron chi connectivity index (χ4n) is 2.06. The Hall–Kier alpha value is -1.40. The number of aryl methyl sites for hydroxylation is 1. The highest BCUT2D eigenvalue weighted by molar-refractivity contribution is 7.85. The second-order valence-electron chi connectivity index (χ2n) is 4.04. The number of anilines is 1. The molecule has 92 valence electrons. The molecule has 0 aromatic heterocycles. The molecule has 0 bridgehead atoms. The van der Waals surface area contributed by atoms with E-state index in [-0.39, 0.29) is 10.8 Å². The molecule has 1 amide bonds. The van der Waals surface area contributed by atoms with Gasteiger partial charge < -0.3 is 4.90 Å². The third-order valence-electron chi connectivity index (χ3n) is 2.85. The number of benzene rings is 1. The maximum Gasteiger partial charge on any atom is 0.294 e. The van der Waals surface area contributed by atoms with E-state index < -0.39 is 10.1 Å². The maximum absolute atomic E-state index is 11.4. The fourth-order valence-corrected chi connectivity index (χ4v) is 2.59. The van der Waals surface area contributed by atoms with Crippen LogP contribution in [0.25, 0.3) is 0 Å². The molecule has 0 saturated heterocycles. The molecule has 1 aliphatic rings. The summed E-state index contributed by atoms with van der Waals surface area (Å²) in [5.41, 5.74) is 1.51. The third-order valence-corrected chi connectivity index (χ3v) is 3.70. The van der Waals surface area contributed by atoms with Crippen LogP contribution in [0, 0.1) is 0 Å². The molecule has 1 aromatic carbocycles. The molecule has 1 aromatic rings. The second-order valence-corrected chi connectivity index (χ2v) is 5.46. The summed E-state index contributed by atoms with van der Waals surface area (Å²) in [6.07, 6.45) is 1.50. The summed E-state index contributed by atoms with van der Waals surface area (Å²) < 4.78 is 31.0. The van der Waals surface area contributed by atoms with E-state index in [2.05, 4.69) is 0 Å². The lowest BCUT2D eigenvalue weighted by Gasteiger charge is -2.28. The van der Waals surface area contributed by atoms with Gasteiger partial charge in [-0.05, 0) is 36.6 Å². The standard InChI is InChI=1S/C11H13NO4S/c1-8(13)12-6-2-3-9-7-10(17(14,15)16)4-5-11(9)12/h4-5,7H,2-3,6H2,1H3,(H,14,15,16). The van der Waals surface area contributed by atoms with Gasteiger partial charge in [-0.25, -0.2) is 0 Å². The van der Waals surface area contributed by atoms with Crippen LogP contribution in [0.5, 0.6) is 0 Å². The van der Waals surface area contributed by atoms with Gasteiger partial charge in [-0.2, -0.15) is 8.42 Å². The molecule has 5 nitrogen and oxygen atoms in total. The number of hydrogen-bond acceptors (Lipinski definition) is 3. The van der Waals surface area contributed by atoms with Gasteiger partial charge in [0, 0.05) is 19.2 Å². The molecule has 0 fully saturated rings. The third kappa shape index (κ3) is 2.32. The Balaban J connectivity index is 2.51. The van der Waals surface area contributed by atoms with Crippen molar-refractivity contribution in [2.45, 2.75) is 24.7 Å². The molecular formula is C11H13NO4S. The summed E-state index contributed by atoms with van der Waals surface area (Å²) >= 11 is 0. The van der Waals surface area contributed by atoms with Crippen molar-refractivity contribution in [1.82, 2.24) is 0 Å². The van der Waals surface area contributed by atoms with Crippen LogP contribution in [0.1, 0.15) is 18.9 Å². The predicted octanol–water partition coefficient (Wildman–Crippen LogP) is 1.23. The lowest BCUT2D eigenvalue weighted by molar-refractivity contribution is -0.116. The van der Waals surface area contributed by atoms with E-state index in [9.17, 15) is 13.2 Å². The number of nitrogens with zero attached hydrogens (tertiary/aromatic N) is 1. The van der Waals surface area contributed by atoms with Crippen LogP contribution < -0.4 is 4.90 Å². The number of rotatable bonds is 1. The van der Waals surface area contributed by atoms with E-state index in [1.54, 1.807) is 11.0 Å². The number of carbonyl (C=O) groups excluding carboxylic acids is 1. The highest BCUT2D eigenvalue weighted by atomic mass is 32.2. The first-order chi connectivity index (χ1) is 7.89. The number of hydrogen-bond donors (Lipinski definition) is 1. The first-order valence-electron chi connectivity index (χ1n) is 5.28. The molecule has 0 saturated carbocycles. The van der Waals surface area contributed by atoms with Crippen molar-refractivity contribution in [3.05, 3.63) is 23.8 Å². The first kappa shape index (κ1) is 12.1. The quantitative estimate of drug-likeness (QED) is 0.766. The average Bonchev–Trinajstić information content (AvgIpc) is 2.26. The lowest BCUT2D eigenvalue weighted by atomic mass is 10.0. The minimum Gasteiger partial charge on any atom is -0.312 e. The zero-order valence-electron chi connectivity index (χ0n) is 9.38. The van der Waals surface area contributed by atoms with Crippen molar-refractivity contribution < 1.29 is 17.8 Å². The van der Waals surface area contributed by atoms with Crippen LogP contribution in [-0.4, -0.2) is 25.4 Å². The summed E-state index contributed by atoms with van der Waals surface area (Å²) in [5.74, 6) is -0.0643. The highest BCUT2D eigenvalue weighted by Crippen LogP contribution is 2.29. The van der Waals surface area contributed by atoms with E-state index in [0.29, 0.717) is 13.0 Å². The molecule has 0 atom stereocenters. The molecule has 17 heavy (non-hydrogen) atoms. The Morgan fingerprint density at radius 2 is 2.12 bits per heavy atom. The smallest absolute Gasteiger partial charge is 0.294 e. The Kier molecular flexibility index (Phi) is 2.92. The van der Waals surface area contributed by atoms with Gasteiger partial charge in [-0.15, -0.1) is 0 Å². The Morgan fingerprint density at radius 1 is 1.41 bits per heavy atom. The molecular weight excluding hydrogens is 242 g/mol. The van der Waals surface area contributed by atoms with E-state index in [4.69, 9.17) is 4.55 Å². The molecule has 0 spiro atoms. The maximum atomic E-state index is 11.4. The molecule has 0 unspecified atom stereocenters. The van der Waals surface area contributed by atoms with Crippen molar-refractivity contribution in [2.24, 2.45) is 0 Å². The minimum atomic E-state index is -4.18. The Labute approximate surface area is 99.8 Å². The molecule has 2 rings (SSSR count). The number of amides is 1. The van der Waals surface area contributed by atoms with Gasteiger partial charge in [-0.1, -0.05) is 0 Å². The Bertz CT molecular complexity index is 565. The average molecular weight is 255 g/mol. The van der Waals surface area contributed by atoms with Crippen molar-refractivity contribution in [1.29, 1.82) is 0 Å². The summed E-state index contributed by atoms with van der Waals surface area (Å²) in [7, 11) is -4.18. The van der Waals surface area contributed by atoms with Crippen LogP contribution in [0.3, 0.4) is 0 Å². The summed E-state index contributed by atoms with van der Waals surface area (Å²) in [6, 6.07) is 4.31. The van der Waals surface area contributed by atoms with Gasteiger partial charge in [-0.3, -0.25) is 9.35 Å². The van der Waals surface area contributed by atoms with Crippen LogP contribution in [0.15, 0.2) is 23.1 Å². The Morgan fingerprint density at radius 3 is 2.71 bits per heavy atom. The van der Waals surface area contributed by atoms with Gasteiger partial charge in [0.1, 0.15) is 0 Å². The van der Waals surface area contributed by atoms with Crippen molar-refractivity contribution in [2.75, 3.05) is 11.4 Å². The van der Waals surface area contributed by atoms with Gasteiger partial charge >= 0.3 is 0 Å². The molecule has 1 aliphatic heterocycles. The lowest BCUT2D eigenvalue weighted by Crippen LogP contribution is -2.33. The monoisotopic (exact) mass is 255 g/mol. The highest BCUT2D eigenvalue weighted by Gasteiger charge is 2.21. The van der Waals surface area contributed by atoms with Crippen molar-refractivity contribution in [3.8, 4) is 0 Å². The molecule has 6 heteroatoms. The van der Waals surface area contributed by atoms with Crippen LogP contribution in [-0.2, 0) is 21.3 Å². The number of carbonyl (C=O) groups is 1. The predicted molar refractivity (Wildman–Crippen MR) is 62.6 cm³/mol. The minimum absolute atomic E-state index is 0.0643. The number of fused-ring (bicyclic) bond motifs is 1. The molecule has 0 radical (unpaired) electrons. The SMILES string of the molecule is CC(=O)N1CCCc2cc(S(=O)(=O)O)ccc21. The zero-order valence-corrected chi connectivity index (χ0v) is 10.2. The first-order valence-corrected chi connectivity index (χ1v) is 6.72. The topological polar surface area (TPSA) is 74.7 Å². The zero-order chi connectivity index (χ0) is 12.6. The van der Waals surface area contributed by atoms with Gasteiger partial charge in [0.2, 0.25) is 5.91 Å². The molecule has 1 N–H and O–H groups in total.